The Labute approximate surface area is 220 Å². The van der Waals surface area contributed by atoms with Crippen molar-refractivity contribution in [2.45, 2.75) is 25.4 Å². The van der Waals surface area contributed by atoms with Gasteiger partial charge in [0.15, 0.2) is 17.5 Å². The average Bonchev–Trinajstić information content (AvgIpc) is 2.92. The summed E-state index contributed by atoms with van der Waals surface area (Å²) >= 11 is 0. The molecule has 0 spiro atoms. The fourth-order valence-electron chi connectivity index (χ4n) is 3.74. The van der Waals surface area contributed by atoms with Crippen LogP contribution in [0.1, 0.15) is 16.7 Å². The first-order chi connectivity index (χ1) is 18.3. The minimum Gasteiger partial charge on any atom is -0.497 e. The molecule has 10 heteroatoms. The number of guanidine groups is 1. The van der Waals surface area contributed by atoms with Crippen LogP contribution in [0, 0.1) is 5.82 Å². The number of benzene rings is 3. The topological polar surface area (TPSA) is 124 Å². The van der Waals surface area contributed by atoms with Crippen molar-refractivity contribution >= 4 is 17.8 Å². The highest BCUT2D eigenvalue weighted by Crippen LogP contribution is 2.24. The van der Waals surface area contributed by atoms with Crippen molar-refractivity contribution in [3.05, 3.63) is 89.2 Å². The minimum atomic E-state index is -0.925. The normalized spacial score (nSPS) is 11.8. The number of halogens is 1. The van der Waals surface area contributed by atoms with E-state index in [9.17, 15) is 14.0 Å². The van der Waals surface area contributed by atoms with Crippen LogP contribution in [0.3, 0.4) is 0 Å². The van der Waals surface area contributed by atoms with Crippen LogP contribution in [-0.2, 0) is 29.0 Å². The monoisotopic (exact) mass is 522 g/mol. The van der Waals surface area contributed by atoms with Gasteiger partial charge in [0, 0.05) is 18.5 Å². The van der Waals surface area contributed by atoms with Crippen molar-refractivity contribution in [2.75, 3.05) is 21.3 Å². The summed E-state index contributed by atoms with van der Waals surface area (Å²) < 4.78 is 29.2. The van der Waals surface area contributed by atoms with Crippen LogP contribution in [0.25, 0.3) is 0 Å². The summed E-state index contributed by atoms with van der Waals surface area (Å²) in [6.07, 6.45) is 0.207. The van der Waals surface area contributed by atoms with E-state index < -0.39 is 23.7 Å². The summed E-state index contributed by atoms with van der Waals surface area (Å²) in [5.74, 6) is -0.362. The molecule has 3 rings (SSSR count). The lowest BCUT2D eigenvalue weighted by Gasteiger charge is -2.15. The molecule has 38 heavy (non-hydrogen) atoms. The smallest absolute Gasteiger partial charge is 0.245 e. The van der Waals surface area contributed by atoms with Gasteiger partial charge in [-0.05, 0) is 41.5 Å². The maximum Gasteiger partial charge on any atom is 0.245 e. The summed E-state index contributed by atoms with van der Waals surface area (Å²) in [6, 6.07) is 17.8. The van der Waals surface area contributed by atoms with Crippen molar-refractivity contribution in [3.63, 3.8) is 0 Å². The highest BCUT2D eigenvalue weighted by Gasteiger charge is 2.20. The molecule has 3 aromatic carbocycles. The van der Waals surface area contributed by atoms with Crippen LogP contribution < -0.4 is 30.6 Å². The zero-order chi connectivity index (χ0) is 27.5. The van der Waals surface area contributed by atoms with Gasteiger partial charge >= 0.3 is 0 Å². The second kappa shape index (κ2) is 13.6. The molecule has 0 bridgehead atoms. The molecule has 0 saturated carbocycles. The molecule has 200 valence electrons. The summed E-state index contributed by atoms with van der Waals surface area (Å²) in [4.78, 5) is 30.1. The highest BCUT2D eigenvalue weighted by atomic mass is 19.1. The van der Waals surface area contributed by atoms with Crippen molar-refractivity contribution < 1.29 is 28.2 Å². The molecule has 0 aliphatic carbocycles. The highest BCUT2D eigenvalue weighted by molar-refractivity contribution is 5.98. The van der Waals surface area contributed by atoms with Gasteiger partial charge in [0.05, 0.1) is 27.8 Å². The lowest BCUT2D eigenvalue weighted by molar-refractivity contribution is -0.122. The Morgan fingerprint density at radius 2 is 1.66 bits per heavy atom. The maximum atomic E-state index is 13.7. The number of ether oxygens (including phenoxy) is 3. The van der Waals surface area contributed by atoms with Crippen LogP contribution in [0.15, 0.2) is 71.7 Å². The van der Waals surface area contributed by atoms with Gasteiger partial charge in [-0.1, -0.05) is 36.4 Å². The van der Waals surface area contributed by atoms with E-state index in [2.05, 4.69) is 15.6 Å². The number of aliphatic imine (C=N–C) groups is 1. The Morgan fingerprint density at radius 1 is 0.921 bits per heavy atom. The van der Waals surface area contributed by atoms with Crippen LogP contribution in [0.5, 0.6) is 17.2 Å². The van der Waals surface area contributed by atoms with E-state index in [-0.39, 0.29) is 31.1 Å². The molecule has 4 N–H and O–H groups in total. The SMILES string of the molecule is COc1ccc(OC)c(CC(=O)NC(N)=NC(Cc2ccccc2)C(=O)NCc2ccc(F)c(OC)c2)c1. The first-order valence-corrected chi connectivity index (χ1v) is 11.8. The average molecular weight is 523 g/mol. The standard InChI is InChI=1S/C28H31FN4O5/c1-36-21-10-12-24(37-2)20(15-21)16-26(34)33-28(30)32-23(13-18-7-5-4-6-8-18)27(35)31-17-19-9-11-22(29)25(14-19)38-3/h4-12,14-15,23H,13,16-17H2,1-3H3,(H,31,35)(H3,30,32,33,34). The Balaban J connectivity index is 1.72. The number of methoxy groups -OCH3 is 3. The van der Waals surface area contributed by atoms with E-state index in [1.807, 2.05) is 30.3 Å². The van der Waals surface area contributed by atoms with E-state index in [4.69, 9.17) is 19.9 Å². The van der Waals surface area contributed by atoms with Gasteiger partial charge in [0.25, 0.3) is 0 Å². The Kier molecular flexibility index (Phi) is 10.0. The van der Waals surface area contributed by atoms with Crippen molar-refractivity contribution in [1.29, 1.82) is 0 Å². The summed E-state index contributed by atoms with van der Waals surface area (Å²) in [7, 11) is 4.40. The van der Waals surface area contributed by atoms with Crippen molar-refractivity contribution in [3.8, 4) is 17.2 Å². The maximum absolute atomic E-state index is 13.7. The number of amides is 2. The molecule has 0 saturated heterocycles. The van der Waals surface area contributed by atoms with Crippen molar-refractivity contribution in [2.24, 2.45) is 10.7 Å². The minimum absolute atomic E-state index is 0.0431. The van der Waals surface area contributed by atoms with E-state index >= 15 is 0 Å². The van der Waals surface area contributed by atoms with E-state index in [1.165, 1.54) is 33.5 Å². The van der Waals surface area contributed by atoms with Crippen LogP contribution in [0.2, 0.25) is 0 Å². The molecule has 1 unspecified atom stereocenters. The number of carbonyl (C=O) groups is 2. The predicted molar refractivity (Wildman–Crippen MR) is 142 cm³/mol. The molecule has 0 heterocycles. The zero-order valence-electron chi connectivity index (χ0n) is 21.5. The van der Waals surface area contributed by atoms with E-state index in [1.54, 1.807) is 24.3 Å². The molecule has 0 aliphatic rings. The molecule has 0 radical (unpaired) electrons. The summed E-state index contributed by atoms with van der Waals surface area (Å²) in [6.45, 7) is 0.123. The molecule has 0 aromatic heterocycles. The summed E-state index contributed by atoms with van der Waals surface area (Å²) in [5, 5.41) is 5.33. The first-order valence-electron chi connectivity index (χ1n) is 11.8. The number of nitrogens with two attached hydrogens (primary N) is 1. The zero-order valence-corrected chi connectivity index (χ0v) is 21.5. The quantitative estimate of drug-likeness (QED) is 0.263. The van der Waals surface area contributed by atoms with E-state index in [0.29, 0.717) is 22.6 Å². The lowest BCUT2D eigenvalue weighted by atomic mass is 10.1. The lowest BCUT2D eigenvalue weighted by Crippen LogP contribution is -2.42. The third-order valence-corrected chi connectivity index (χ3v) is 5.66. The molecule has 3 aromatic rings. The third kappa shape index (κ3) is 7.95. The molecular formula is C28H31FN4O5. The fraction of sp³-hybridized carbons (Fsp3) is 0.250. The number of hydrogen-bond acceptors (Lipinski definition) is 6. The fourth-order valence-corrected chi connectivity index (χ4v) is 3.74. The third-order valence-electron chi connectivity index (χ3n) is 5.66. The van der Waals surface area contributed by atoms with Crippen LogP contribution in [0.4, 0.5) is 4.39 Å². The first kappa shape index (κ1) is 28.0. The number of rotatable bonds is 11. The Morgan fingerprint density at radius 3 is 2.34 bits per heavy atom. The Hall–Kier alpha value is -4.60. The summed E-state index contributed by atoms with van der Waals surface area (Å²) in [5.41, 5.74) is 8.14. The van der Waals surface area contributed by atoms with Crippen molar-refractivity contribution in [1.82, 2.24) is 10.6 Å². The van der Waals surface area contributed by atoms with Gasteiger partial charge in [0.1, 0.15) is 17.5 Å². The number of carbonyl (C=O) groups excluding carboxylic acids is 2. The number of hydrogen-bond donors (Lipinski definition) is 3. The van der Waals surface area contributed by atoms with Gasteiger partial charge in [0.2, 0.25) is 11.8 Å². The molecule has 1 atom stereocenters. The van der Waals surface area contributed by atoms with Gasteiger partial charge in [-0.25, -0.2) is 9.38 Å². The van der Waals surface area contributed by atoms with E-state index in [0.717, 1.165) is 5.56 Å². The number of nitrogens with one attached hydrogen (secondary N) is 2. The molecule has 0 aliphatic heterocycles. The largest absolute Gasteiger partial charge is 0.497 e. The molecule has 9 nitrogen and oxygen atoms in total. The van der Waals surface area contributed by atoms with Crippen LogP contribution >= 0.6 is 0 Å². The van der Waals surface area contributed by atoms with Gasteiger partial charge in [-0.2, -0.15) is 0 Å². The number of nitrogens with zero attached hydrogens (tertiary/aromatic N) is 1. The van der Waals surface area contributed by atoms with Gasteiger partial charge < -0.3 is 25.3 Å². The predicted octanol–water partition coefficient (Wildman–Crippen LogP) is 2.75. The van der Waals surface area contributed by atoms with Crippen LogP contribution in [-0.4, -0.2) is 45.1 Å². The van der Waals surface area contributed by atoms with Gasteiger partial charge in [-0.15, -0.1) is 0 Å². The van der Waals surface area contributed by atoms with Gasteiger partial charge in [-0.3, -0.25) is 14.9 Å². The second-order valence-electron chi connectivity index (χ2n) is 8.31. The molecule has 0 fully saturated rings. The molecule has 2 amide bonds. The molecular weight excluding hydrogens is 491 g/mol. The second-order valence-corrected chi connectivity index (χ2v) is 8.31. The Bertz CT molecular complexity index is 1280.